The van der Waals surface area contributed by atoms with Crippen molar-refractivity contribution in [2.75, 3.05) is 6.61 Å². The molecule has 26 heavy (non-hydrogen) atoms. The average Bonchev–Trinajstić information content (AvgIpc) is 3.28. The second-order valence-corrected chi connectivity index (χ2v) is 6.69. The van der Waals surface area contributed by atoms with Gasteiger partial charge in [-0.1, -0.05) is 30.3 Å². The van der Waals surface area contributed by atoms with E-state index in [0.29, 0.717) is 10.6 Å². The molecule has 128 valence electrons. The minimum absolute atomic E-state index is 0.246. The van der Waals surface area contributed by atoms with Crippen molar-refractivity contribution in [3.8, 4) is 0 Å². The third-order valence-electron chi connectivity index (χ3n) is 3.91. The van der Waals surface area contributed by atoms with Gasteiger partial charge in [-0.3, -0.25) is 4.79 Å². The Morgan fingerprint density at radius 3 is 2.81 bits per heavy atom. The van der Waals surface area contributed by atoms with Crippen LogP contribution >= 0.6 is 11.3 Å². The smallest absolute Gasteiger partial charge is 0.331 e. The molecule has 0 unspecified atom stereocenters. The molecule has 2 heterocycles. The number of fused-ring (bicyclic) bond motifs is 2. The molecule has 0 bridgehead atoms. The predicted molar refractivity (Wildman–Crippen MR) is 102 cm³/mol. The summed E-state index contributed by atoms with van der Waals surface area (Å²) in [5.74, 6) is -0.818. The van der Waals surface area contributed by atoms with Crippen molar-refractivity contribution in [2.24, 2.45) is 0 Å². The van der Waals surface area contributed by atoms with Gasteiger partial charge in [0.2, 0.25) is 5.78 Å². The van der Waals surface area contributed by atoms with Gasteiger partial charge in [0.15, 0.2) is 6.61 Å². The Bertz CT molecular complexity index is 1110. The van der Waals surface area contributed by atoms with Crippen molar-refractivity contribution >= 4 is 50.3 Å². The first-order chi connectivity index (χ1) is 12.7. The van der Waals surface area contributed by atoms with Crippen molar-refractivity contribution in [3.05, 3.63) is 71.4 Å². The van der Waals surface area contributed by atoms with E-state index in [0.717, 1.165) is 21.1 Å². The van der Waals surface area contributed by atoms with Gasteiger partial charge in [0.05, 0.1) is 10.2 Å². The highest BCUT2D eigenvalue weighted by atomic mass is 32.1. The second kappa shape index (κ2) is 6.93. The number of nitrogens with zero attached hydrogens (tertiary/aromatic N) is 1. The Balaban J connectivity index is 1.39. The zero-order valence-electron chi connectivity index (χ0n) is 13.6. The van der Waals surface area contributed by atoms with Crippen LogP contribution in [0.4, 0.5) is 0 Å². The maximum atomic E-state index is 12.3. The first-order valence-electron chi connectivity index (χ1n) is 8.00. The van der Waals surface area contributed by atoms with Crippen molar-refractivity contribution in [2.45, 2.75) is 0 Å². The maximum Gasteiger partial charge on any atom is 0.331 e. The number of aromatic nitrogens is 2. The maximum absolute atomic E-state index is 12.3. The number of carbonyl (C=O) groups excluding carboxylic acids is 2. The van der Waals surface area contributed by atoms with Crippen LogP contribution in [0.25, 0.3) is 27.2 Å². The number of benzene rings is 2. The highest BCUT2D eigenvalue weighted by molar-refractivity contribution is 7.19. The van der Waals surface area contributed by atoms with Gasteiger partial charge < -0.3 is 9.72 Å². The fraction of sp³-hybridized carbons (Fsp3) is 0.0500. The lowest BCUT2D eigenvalue weighted by molar-refractivity contribution is -0.136. The number of rotatable bonds is 5. The van der Waals surface area contributed by atoms with E-state index in [-0.39, 0.29) is 12.4 Å². The number of ketones is 1. The van der Waals surface area contributed by atoms with Gasteiger partial charge in [-0.05, 0) is 24.3 Å². The Hall–Kier alpha value is -3.25. The number of thiazole rings is 1. The lowest BCUT2D eigenvalue weighted by Crippen LogP contribution is -2.12. The van der Waals surface area contributed by atoms with Crippen LogP contribution in [0.2, 0.25) is 0 Å². The molecule has 0 atom stereocenters. The van der Waals surface area contributed by atoms with Gasteiger partial charge in [0.1, 0.15) is 5.01 Å². The molecule has 2 aromatic carbocycles. The molecule has 0 spiro atoms. The molecule has 0 amide bonds. The van der Waals surface area contributed by atoms with Crippen molar-refractivity contribution in [1.29, 1.82) is 0 Å². The topological polar surface area (TPSA) is 72.0 Å². The number of hydrogen-bond donors (Lipinski definition) is 1. The molecule has 0 aliphatic carbocycles. The van der Waals surface area contributed by atoms with Crippen LogP contribution in [0.5, 0.6) is 0 Å². The zero-order valence-corrected chi connectivity index (χ0v) is 14.5. The summed E-state index contributed by atoms with van der Waals surface area (Å²) < 4.78 is 6.11. The van der Waals surface area contributed by atoms with Gasteiger partial charge >= 0.3 is 5.97 Å². The summed E-state index contributed by atoms with van der Waals surface area (Å²) in [4.78, 5) is 31.6. The van der Waals surface area contributed by atoms with Crippen LogP contribution < -0.4 is 0 Å². The molecule has 0 fully saturated rings. The molecule has 4 aromatic rings. The molecule has 5 nitrogen and oxygen atoms in total. The highest BCUT2D eigenvalue weighted by Gasteiger charge is 2.13. The molecule has 1 N–H and O–H groups in total. The summed E-state index contributed by atoms with van der Waals surface area (Å²) in [5, 5.41) is 1.53. The van der Waals surface area contributed by atoms with Crippen LogP contribution in [-0.4, -0.2) is 28.3 Å². The average molecular weight is 362 g/mol. The number of ether oxygens (including phenoxy) is 1. The number of esters is 1. The van der Waals surface area contributed by atoms with Crippen molar-refractivity contribution in [3.63, 3.8) is 0 Å². The molecule has 0 radical (unpaired) electrons. The molecular weight excluding hydrogens is 348 g/mol. The molecular formula is C20H14N2O3S. The zero-order chi connectivity index (χ0) is 17.9. The number of aromatic amines is 1. The monoisotopic (exact) mass is 362 g/mol. The van der Waals surface area contributed by atoms with E-state index in [1.54, 1.807) is 12.3 Å². The highest BCUT2D eigenvalue weighted by Crippen LogP contribution is 2.22. The van der Waals surface area contributed by atoms with Crippen molar-refractivity contribution in [1.82, 2.24) is 9.97 Å². The Labute approximate surface area is 152 Å². The van der Waals surface area contributed by atoms with Gasteiger partial charge in [-0.15, -0.1) is 11.3 Å². The number of carbonyl (C=O) groups is 2. The first kappa shape index (κ1) is 16.2. The Morgan fingerprint density at radius 1 is 1.12 bits per heavy atom. The molecule has 4 rings (SSSR count). The lowest BCUT2D eigenvalue weighted by Gasteiger charge is -2.00. The van der Waals surface area contributed by atoms with Crippen LogP contribution in [0.1, 0.15) is 15.4 Å². The van der Waals surface area contributed by atoms with Crippen LogP contribution in [0.3, 0.4) is 0 Å². The Morgan fingerprint density at radius 2 is 1.92 bits per heavy atom. The minimum atomic E-state index is -0.572. The van der Waals surface area contributed by atoms with E-state index < -0.39 is 5.97 Å². The molecule has 0 aliphatic heterocycles. The van der Waals surface area contributed by atoms with E-state index in [9.17, 15) is 9.59 Å². The summed E-state index contributed by atoms with van der Waals surface area (Å²) in [6.07, 6.45) is 4.53. The van der Waals surface area contributed by atoms with Crippen LogP contribution in [-0.2, 0) is 9.53 Å². The molecule has 2 aromatic heterocycles. The standard InChI is InChI=1S/C20H14N2O3S/c23-17(14-11-21-15-6-2-1-5-13(14)15)12-25-20(24)10-9-19-22-16-7-3-4-8-18(16)26-19/h1-11,21H,12H2/b10-9+. The van der Waals surface area contributed by atoms with Gasteiger partial charge in [0.25, 0.3) is 0 Å². The molecule has 0 saturated carbocycles. The summed E-state index contributed by atoms with van der Waals surface area (Å²) >= 11 is 1.49. The molecule has 0 saturated heterocycles. The van der Waals surface area contributed by atoms with E-state index >= 15 is 0 Å². The van der Waals surface area contributed by atoms with Gasteiger partial charge in [-0.25, -0.2) is 9.78 Å². The number of H-pyrrole nitrogens is 1. The second-order valence-electron chi connectivity index (χ2n) is 5.63. The molecule has 6 heteroatoms. The quantitative estimate of drug-likeness (QED) is 0.328. The van der Waals surface area contributed by atoms with E-state index in [1.807, 2.05) is 48.5 Å². The van der Waals surface area contributed by atoms with E-state index in [2.05, 4.69) is 9.97 Å². The van der Waals surface area contributed by atoms with Crippen molar-refractivity contribution < 1.29 is 14.3 Å². The number of nitrogens with one attached hydrogen (secondary N) is 1. The Kier molecular flexibility index (Phi) is 4.33. The van der Waals surface area contributed by atoms with Gasteiger partial charge in [-0.2, -0.15) is 0 Å². The van der Waals surface area contributed by atoms with E-state index in [1.165, 1.54) is 17.4 Å². The summed E-state index contributed by atoms with van der Waals surface area (Å²) in [7, 11) is 0. The summed E-state index contributed by atoms with van der Waals surface area (Å²) in [6.45, 7) is -0.301. The minimum Gasteiger partial charge on any atom is -0.454 e. The SMILES string of the molecule is O=C(/C=C/c1nc2ccccc2s1)OCC(=O)c1c[nH]c2ccccc12. The van der Waals surface area contributed by atoms with Gasteiger partial charge in [0, 0.05) is 28.7 Å². The summed E-state index contributed by atoms with van der Waals surface area (Å²) in [5.41, 5.74) is 2.28. The van der Waals surface area contributed by atoms with E-state index in [4.69, 9.17) is 4.74 Å². The fourth-order valence-electron chi connectivity index (χ4n) is 2.67. The van der Waals surface area contributed by atoms with Crippen LogP contribution in [0.15, 0.2) is 60.8 Å². The normalized spacial score (nSPS) is 11.4. The predicted octanol–water partition coefficient (Wildman–Crippen LogP) is 4.22. The fourth-order valence-corrected chi connectivity index (χ4v) is 3.54. The largest absolute Gasteiger partial charge is 0.454 e. The first-order valence-corrected chi connectivity index (χ1v) is 8.82. The van der Waals surface area contributed by atoms with Crippen LogP contribution in [0, 0.1) is 0 Å². The third-order valence-corrected chi connectivity index (χ3v) is 4.91. The third kappa shape index (κ3) is 3.27. The number of para-hydroxylation sites is 2. The lowest BCUT2D eigenvalue weighted by atomic mass is 10.1. The number of Topliss-reactive ketones (excluding diaryl/α,β-unsaturated/α-hetero) is 1. The number of hydrogen-bond acceptors (Lipinski definition) is 5. The summed E-state index contributed by atoms with van der Waals surface area (Å²) in [6, 6.07) is 15.2. The molecule has 0 aliphatic rings.